The third kappa shape index (κ3) is 4.31. The van der Waals surface area contributed by atoms with Crippen LogP contribution in [0.5, 0.6) is 0 Å². The molecule has 0 atom stereocenters. The number of aromatic amines is 1. The Morgan fingerprint density at radius 2 is 2.00 bits per heavy atom. The number of nitrogens with one attached hydrogen (secondary N) is 1. The molecule has 0 fully saturated rings. The highest BCUT2D eigenvalue weighted by Gasteiger charge is 2.22. The van der Waals surface area contributed by atoms with Gasteiger partial charge < -0.3 is 4.90 Å². The van der Waals surface area contributed by atoms with Crippen LogP contribution in [-0.4, -0.2) is 33.4 Å². The van der Waals surface area contributed by atoms with Gasteiger partial charge in [0.1, 0.15) is 11.6 Å². The fraction of sp³-hybridized carbons (Fsp3) is 0.190. The number of thioether (sulfide) groups is 1. The van der Waals surface area contributed by atoms with E-state index < -0.39 is 0 Å². The largest absolute Gasteiger partial charge is 0.311 e. The minimum atomic E-state index is -0.267. The van der Waals surface area contributed by atoms with E-state index >= 15 is 0 Å². The van der Waals surface area contributed by atoms with Crippen molar-refractivity contribution in [2.24, 2.45) is 0 Å². The molecule has 3 aromatic rings. The lowest BCUT2D eigenvalue weighted by molar-refractivity contribution is -0.116. The van der Waals surface area contributed by atoms with Crippen molar-refractivity contribution >= 4 is 35.5 Å². The second-order valence-corrected chi connectivity index (χ2v) is 7.40. The predicted octanol–water partition coefficient (Wildman–Crippen LogP) is 4.19. The van der Waals surface area contributed by atoms with Gasteiger partial charge in [-0.2, -0.15) is 0 Å². The highest BCUT2D eigenvalue weighted by atomic mass is 32.2. The lowest BCUT2D eigenvalue weighted by Crippen LogP contribution is -2.36. The summed E-state index contributed by atoms with van der Waals surface area (Å²) >= 11 is 1.31. The number of hydrogen-bond acceptors (Lipinski definition) is 4. The van der Waals surface area contributed by atoms with Crippen molar-refractivity contribution in [1.82, 2.24) is 15.2 Å². The van der Waals surface area contributed by atoms with Crippen LogP contribution >= 0.6 is 11.8 Å². The maximum Gasteiger partial charge on any atom is 0.237 e. The predicted molar refractivity (Wildman–Crippen MR) is 110 cm³/mol. The Hall–Kier alpha value is -2.93. The van der Waals surface area contributed by atoms with Gasteiger partial charge in [0.25, 0.3) is 0 Å². The number of rotatable bonds is 5. The Bertz CT molecular complexity index is 1000. The Morgan fingerprint density at radius 3 is 2.86 bits per heavy atom. The van der Waals surface area contributed by atoms with Crippen molar-refractivity contribution in [1.29, 1.82) is 0 Å². The van der Waals surface area contributed by atoms with Gasteiger partial charge in [-0.05, 0) is 48.2 Å². The topological polar surface area (TPSA) is 61.9 Å². The third-order valence-electron chi connectivity index (χ3n) is 4.52. The van der Waals surface area contributed by atoms with Gasteiger partial charge in [-0.1, -0.05) is 48.2 Å². The highest BCUT2D eigenvalue weighted by molar-refractivity contribution is 7.99. The number of fused-ring (bicyclic) bond motifs is 1. The first-order valence-corrected chi connectivity index (χ1v) is 10.0. The van der Waals surface area contributed by atoms with E-state index in [2.05, 4.69) is 21.2 Å². The Morgan fingerprint density at radius 1 is 1.18 bits per heavy atom. The molecular formula is C21H19FN4OS. The van der Waals surface area contributed by atoms with Gasteiger partial charge in [0.2, 0.25) is 11.1 Å². The van der Waals surface area contributed by atoms with Crippen LogP contribution in [0.15, 0.2) is 53.7 Å². The molecule has 7 heteroatoms. The number of aryl methyl sites for hydroxylation is 1. The van der Waals surface area contributed by atoms with Crippen LogP contribution in [0.25, 0.3) is 12.2 Å². The van der Waals surface area contributed by atoms with E-state index in [-0.39, 0.29) is 17.5 Å². The monoisotopic (exact) mass is 394 g/mol. The first-order chi connectivity index (χ1) is 13.7. The zero-order valence-corrected chi connectivity index (χ0v) is 16.0. The Labute approximate surface area is 166 Å². The molecule has 1 aliphatic rings. The zero-order chi connectivity index (χ0) is 19.3. The van der Waals surface area contributed by atoms with Crippen LogP contribution in [0, 0.1) is 5.82 Å². The van der Waals surface area contributed by atoms with E-state index in [1.807, 2.05) is 29.2 Å². The van der Waals surface area contributed by atoms with Crippen molar-refractivity contribution in [2.75, 3.05) is 17.2 Å². The number of nitrogens with zero attached hydrogens (tertiary/aromatic N) is 3. The summed E-state index contributed by atoms with van der Waals surface area (Å²) in [7, 11) is 0. The summed E-state index contributed by atoms with van der Waals surface area (Å²) in [5.74, 6) is 0.664. The molecule has 1 aromatic heterocycles. The van der Waals surface area contributed by atoms with E-state index in [0.29, 0.717) is 11.0 Å². The van der Waals surface area contributed by atoms with E-state index in [0.717, 1.165) is 30.6 Å². The fourth-order valence-corrected chi connectivity index (χ4v) is 3.82. The molecule has 2 heterocycles. The molecule has 142 valence electrons. The summed E-state index contributed by atoms with van der Waals surface area (Å²) in [6, 6.07) is 14.2. The average molecular weight is 394 g/mol. The summed E-state index contributed by atoms with van der Waals surface area (Å²) in [4.78, 5) is 18.9. The normalized spacial score (nSPS) is 13.7. The molecule has 0 spiro atoms. The van der Waals surface area contributed by atoms with Gasteiger partial charge in [0, 0.05) is 12.2 Å². The van der Waals surface area contributed by atoms with Crippen LogP contribution in [0.1, 0.15) is 23.4 Å². The van der Waals surface area contributed by atoms with Crippen molar-refractivity contribution in [3.05, 3.63) is 71.3 Å². The Balaban J connectivity index is 1.36. The first-order valence-electron chi connectivity index (χ1n) is 9.06. The van der Waals surface area contributed by atoms with E-state index in [9.17, 15) is 9.18 Å². The number of benzene rings is 2. The molecule has 0 saturated carbocycles. The van der Waals surface area contributed by atoms with Gasteiger partial charge >= 0.3 is 0 Å². The number of anilines is 1. The standard InChI is InChI=1S/C21H19FN4OS/c22-17-10-7-15(8-11-17)9-12-19-23-21(25-24-19)28-14-20(27)26-13-3-5-16-4-1-2-6-18(16)26/h1-2,4,6-12H,3,5,13-14H2,(H,23,24,25)/b12-9+. The third-order valence-corrected chi connectivity index (χ3v) is 5.35. The number of amides is 1. The molecule has 1 aliphatic heterocycles. The van der Waals surface area contributed by atoms with Crippen LogP contribution < -0.4 is 4.90 Å². The quantitative estimate of drug-likeness (QED) is 0.660. The molecule has 1 amide bonds. The number of aromatic nitrogens is 3. The zero-order valence-electron chi connectivity index (χ0n) is 15.1. The maximum atomic E-state index is 12.9. The lowest BCUT2D eigenvalue weighted by atomic mass is 10.0. The van der Waals surface area contributed by atoms with Crippen LogP contribution in [-0.2, 0) is 11.2 Å². The SMILES string of the molecule is O=C(CSc1n[nH]c(/C=C/c2ccc(F)cc2)n1)N1CCCc2ccccc21. The second-order valence-electron chi connectivity index (χ2n) is 6.45. The number of H-pyrrole nitrogens is 1. The number of hydrogen-bond donors (Lipinski definition) is 1. The van der Waals surface area contributed by atoms with Crippen molar-refractivity contribution in [3.63, 3.8) is 0 Å². The number of carbonyl (C=O) groups excluding carboxylic acids is 1. The molecule has 0 unspecified atom stereocenters. The van der Waals surface area contributed by atoms with Crippen molar-refractivity contribution in [2.45, 2.75) is 18.0 Å². The van der Waals surface area contributed by atoms with Crippen molar-refractivity contribution < 1.29 is 9.18 Å². The molecule has 4 rings (SSSR count). The molecule has 0 radical (unpaired) electrons. The summed E-state index contributed by atoms with van der Waals surface area (Å²) in [6.07, 6.45) is 5.58. The lowest BCUT2D eigenvalue weighted by Gasteiger charge is -2.29. The first kappa shape index (κ1) is 18.4. The molecule has 2 aromatic carbocycles. The number of carbonyl (C=O) groups is 1. The number of halogens is 1. The van der Waals surface area contributed by atoms with Crippen molar-refractivity contribution in [3.8, 4) is 0 Å². The van der Waals surface area contributed by atoms with Crippen LogP contribution in [0.3, 0.4) is 0 Å². The van der Waals surface area contributed by atoms with E-state index in [1.54, 1.807) is 18.2 Å². The molecule has 0 aliphatic carbocycles. The van der Waals surface area contributed by atoms with Gasteiger partial charge in [-0.25, -0.2) is 9.37 Å². The minimum Gasteiger partial charge on any atom is -0.311 e. The molecule has 28 heavy (non-hydrogen) atoms. The molecule has 5 nitrogen and oxygen atoms in total. The smallest absolute Gasteiger partial charge is 0.237 e. The van der Waals surface area contributed by atoms with Gasteiger partial charge in [-0.3, -0.25) is 9.89 Å². The summed E-state index contributed by atoms with van der Waals surface area (Å²) < 4.78 is 12.9. The van der Waals surface area contributed by atoms with Gasteiger partial charge in [0.05, 0.1) is 5.75 Å². The molecule has 0 bridgehead atoms. The van der Waals surface area contributed by atoms with Crippen LogP contribution in [0.4, 0.5) is 10.1 Å². The summed E-state index contributed by atoms with van der Waals surface area (Å²) in [6.45, 7) is 0.746. The average Bonchev–Trinajstić information content (AvgIpc) is 3.19. The second kappa shape index (κ2) is 8.39. The van der Waals surface area contributed by atoms with Crippen LogP contribution in [0.2, 0.25) is 0 Å². The molecule has 0 saturated heterocycles. The highest BCUT2D eigenvalue weighted by Crippen LogP contribution is 2.27. The molecular weight excluding hydrogens is 375 g/mol. The molecule has 1 N–H and O–H groups in total. The maximum absolute atomic E-state index is 12.9. The Kier molecular flexibility index (Phi) is 5.53. The number of para-hydroxylation sites is 1. The van der Waals surface area contributed by atoms with Gasteiger partial charge in [-0.15, -0.1) is 5.10 Å². The fourth-order valence-electron chi connectivity index (χ4n) is 3.14. The summed E-state index contributed by atoms with van der Waals surface area (Å²) in [5.41, 5.74) is 3.10. The van der Waals surface area contributed by atoms with E-state index in [1.165, 1.54) is 29.5 Å². The van der Waals surface area contributed by atoms with E-state index in [4.69, 9.17) is 0 Å². The summed E-state index contributed by atoms with van der Waals surface area (Å²) in [5, 5.41) is 7.51. The van der Waals surface area contributed by atoms with Gasteiger partial charge in [0.15, 0.2) is 0 Å². The minimum absolute atomic E-state index is 0.0605.